The minimum atomic E-state index is -0.491. The summed E-state index contributed by atoms with van der Waals surface area (Å²) in [5, 5.41) is 13.7. The maximum atomic E-state index is 12.3. The average Bonchev–Trinajstić information content (AvgIpc) is 2.85. The number of hydrogen-bond donors (Lipinski definition) is 2. The van der Waals surface area contributed by atoms with Crippen molar-refractivity contribution < 1.29 is 9.72 Å². The Balaban J connectivity index is 2.13. The molecule has 7 nitrogen and oxygen atoms in total. The van der Waals surface area contributed by atoms with Gasteiger partial charge in [0.1, 0.15) is 5.69 Å². The fourth-order valence-electron chi connectivity index (χ4n) is 2.63. The first-order chi connectivity index (χ1) is 9.52. The molecule has 0 radical (unpaired) electrons. The molecule has 1 fully saturated rings. The van der Waals surface area contributed by atoms with Crippen molar-refractivity contribution in [1.82, 2.24) is 9.88 Å². The summed E-state index contributed by atoms with van der Waals surface area (Å²) >= 11 is 0. The molecular weight excluding hydrogens is 260 g/mol. The van der Waals surface area contributed by atoms with Gasteiger partial charge in [0.05, 0.1) is 11.1 Å². The predicted molar refractivity (Wildman–Crippen MR) is 74.5 cm³/mol. The van der Waals surface area contributed by atoms with E-state index in [2.05, 4.69) is 5.32 Å². The van der Waals surface area contributed by atoms with Crippen LogP contribution in [0.3, 0.4) is 0 Å². The number of rotatable bonds is 4. The van der Waals surface area contributed by atoms with Gasteiger partial charge in [-0.15, -0.1) is 0 Å². The van der Waals surface area contributed by atoms with Gasteiger partial charge in [0, 0.05) is 24.7 Å². The molecule has 1 aliphatic carbocycles. The summed E-state index contributed by atoms with van der Waals surface area (Å²) in [6, 6.07) is 1.23. The topological polar surface area (TPSA) is 103 Å². The van der Waals surface area contributed by atoms with E-state index in [1.807, 2.05) is 6.92 Å². The highest BCUT2D eigenvalue weighted by Crippen LogP contribution is 2.19. The van der Waals surface area contributed by atoms with Crippen molar-refractivity contribution in [3.63, 3.8) is 0 Å². The number of carbonyl (C=O) groups is 1. The van der Waals surface area contributed by atoms with E-state index in [0.717, 1.165) is 25.7 Å². The Bertz CT molecular complexity index is 512. The van der Waals surface area contributed by atoms with E-state index in [1.165, 1.54) is 12.3 Å². The zero-order valence-electron chi connectivity index (χ0n) is 11.5. The third kappa shape index (κ3) is 2.98. The zero-order valence-corrected chi connectivity index (χ0v) is 11.5. The lowest BCUT2D eigenvalue weighted by atomic mass is 9.91. The lowest BCUT2D eigenvalue weighted by Crippen LogP contribution is -2.49. The fraction of sp³-hybridized carbons (Fsp3) is 0.615. The molecule has 0 saturated heterocycles. The molecule has 0 aliphatic heterocycles. The molecule has 1 aliphatic rings. The minimum absolute atomic E-state index is 0.0345. The highest BCUT2D eigenvalue weighted by atomic mass is 16.6. The van der Waals surface area contributed by atoms with E-state index in [4.69, 9.17) is 5.73 Å². The third-order valence-corrected chi connectivity index (χ3v) is 3.80. The summed E-state index contributed by atoms with van der Waals surface area (Å²) in [6.45, 7) is 2.35. The predicted octanol–water partition coefficient (Wildman–Crippen LogP) is 1.42. The molecule has 20 heavy (non-hydrogen) atoms. The van der Waals surface area contributed by atoms with E-state index in [9.17, 15) is 14.9 Å². The van der Waals surface area contributed by atoms with Gasteiger partial charge in [0.15, 0.2) is 0 Å². The van der Waals surface area contributed by atoms with Crippen LogP contribution in [0.5, 0.6) is 0 Å². The van der Waals surface area contributed by atoms with E-state index in [1.54, 1.807) is 4.57 Å². The Morgan fingerprint density at radius 2 is 2.25 bits per heavy atom. The molecule has 0 bridgehead atoms. The number of aryl methyl sites for hydroxylation is 1. The fourth-order valence-corrected chi connectivity index (χ4v) is 2.63. The third-order valence-electron chi connectivity index (χ3n) is 3.80. The van der Waals surface area contributed by atoms with Crippen molar-refractivity contribution in [2.24, 2.45) is 5.73 Å². The second kappa shape index (κ2) is 6.04. The summed E-state index contributed by atoms with van der Waals surface area (Å²) in [5.41, 5.74) is 6.25. The van der Waals surface area contributed by atoms with Crippen LogP contribution in [0.4, 0.5) is 5.69 Å². The minimum Gasteiger partial charge on any atom is -0.346 e. The van der Waals surface area contributed by atoms with Crippen LogP contribution >= 0.6 is 0 Å². The molecular formula is C13H20N4O3. The van der Waals surface area contributed by atoms with Crippen molar-refractivity contribution >= 4 is 11.6 Å². The van der Waals surface area contributed by atoms with Crippen molar-refractivity contribution in [3.8, 4) is 0 Å². The largest absolute Gasteiger partial charge is 0.346 e. The molecule has 1 aromatic rings. The Labute approximate surface area is 117 Å². The highest BCUT2D eigenvalue weighted by molar-refractivity contribution is 5.93. The summed E-state index contributed by atoms with van der Waals surface area (Å²) in [6.07, 6.45) is 5.29. The first-order valence-corrected chi connectivity index (χ1v) is 6.94. The van der Waals surface area contributed by atoms with Gasteiger partial charge in [-0.2, -0.15) is 0 Å². The van der Waals surface area contributed by atoms with Crippen LogP contribution in [-0.2, 0) is 6.54 Å². The Morgan fingerprint density at radius 1 is 1.55 bits per heavy atom. The van der Waals surface area contributed by atoms with Gasteiger partial charge in [0.25, 0.3) is 11.6 Å². The van der Waals surface area contributed by atoms with Gasteiger partial charge in [-0.1, -0.05) is 12.8 Å². The molecule has 1 amide bonds. The Morgan fingerprint density at radius 3 is 2.85 bits per heavy atom. The molecule has 0 spiro atoms. The molecule has 2 unspecified atom stereocenters. The smallest absolute Gasteiger partial charge is 0.287 e. The first kappa shape index (κ1) is 14.5. The number of amides is 1. The molecule has 7 heteroatoms. The van der Waals surface area contributed by atoms with Crippen LogP contribution < -0.4 is 11.1 Å². The van der Waals surface area contributed by atoms with Crippen LogP contribution in [0.1, 0.15) is 43.1 Å². The number of nitrogens with zero attached hydrogens (tertiary/aromatic N) is 2. The summed E-state index contributed by atoms with van der Waals surface area (Å²) in [4.78, 5) is 22.6. The summed E-state index contributed by atoms with van der Waals surface area (Å²) < 4.78 is 1.59. The van der Waals surface area contributed by atoms with Crippen LogP contribution in [0.2, 0.25) is 0 Å². The molecule has 2 atom stereocenters. The standard InChI is InChI=1S/C13H20N4O3/c1-2-16-8-9(17(19)20)7-12(16)13(18)15-11-6-4-3-5-10(11)14/h7-8,10-11H,2-6,14H2,1H3,(H,15,18). The maximum absolute atomic E-state index is 12.3. The molecule has 1 saturated carbocycles. The monoisotopic (exact) mass is 280 g/mol. The second-order valence-corrected chi connectivity index (χ2v) is 5.15. The molecule has 3 N–H and O–H groups in total. The maximum Gasteiger partial charge on any atom is 0.287 e. The van der Waals surface area contributed by atoms with E-state index >= 15 is 0 Å². The molecule has 0 aromatic carbocycles. The first-order valence-electron chi connectivity index (χ1n) is 6.94. The lowest BCUT2D eigenvalue weighted by Gasteiger charge is -2.29. The average molecular weight is 280 g/mol. The summed E-state index contributed by atoms with van der Waals surface area (Å²) in [5.74, 6) is -0.290. The molecule has 1 heterocycles. The van der Waals surface area contributed by atoms with Crippen molar-refractivity contribution in [1.29, 1.82) is 0 Å². The number of aromatic nitrogens is 1. The number of nitrogens with one attached hydrogen (secondary N) is 1. The quantitative estimate of drug-likeness (QED) is 0.643. The molecule has 2 rings (SSSR count). The zero-order chi connectivity index (χ0) is 14.7. The Hall–Kier alpha value is -1.89. The Kier molecular flexibility index (Phi) is 4.39. The van der Waals surface area contributed by atoms with Crippen molar-refractivity contribution in [3.05, 3.63) is 28.1 Å². The van der Waals surface area contributed by atoms with Gasteiger partial charge < -0.3 is 15.6 Å². The van der Waals surface area contributed by atoms with Gasteiger partial charge in [-0.25, -0.2) is 0 Å². The van der Waals surface area contributed by atoms with Gasteiger partial charge in [0.2, 0.25) is 0 Å². The number of nitro groups is 1. The van der Waals surface area contributed by atoms with Crippen LogP contribution in [0.25, 0.3) is 0 Å². The number of carbonyl (C=O) groups excluding carboxylic acids is 1. The SMILES string of the molecule is CCn1cc([N+](=O)[O-])cc1C(=O)NC1CCCCC1N. The van der Waals surface area contributed by atoms with Gasteiger partial charge in [-0.3, -0.25) is 14.9 Å². The molecule has 110 valence electrons. The van der Waals surface area contributed by atoms with E-state index < -0.39 is 4.92 Å². The van der Waals surface area contributed by atoms with E-state index in [0.29, 0.717) is 12.2 Å². The summed E-state index contributed by atoms with van der Waals surface area (Å²) in [7, 11) is 0. The second-order valence-electron chi connectivity index (χ2n) is 5.15. The van der Waals surface area contributed by atoms with Crippen LogP contribution in [0, 0.1) is 10.1 Å². The molecule has 1 aromatic heterocycles. The lowest BCUT2D eigenvalue weighted by molar-refractivity contribution is -0.384. The number of nitrogens with two attached hydrogens (primary N) is 1. The van der Waals surface area contributed by atoms with Crippen molar-refractivity contribution in [2.45, 2.75) is 51.2 Å². The highest BCUT2D eigenvalue weighted by Gasteiger charge is 2.26. The normalized spacial score (nSPS) is 22.5. The number of hydrogen-bond acceptors (Lipinski definition) is 4. The van der Waals surface area contributed by atoms with Gasteiger partial charge in [-0.05, 0) is 19.8 Å². The van der Waals surface area contributed by atoms with Crippen LogP contribution in [0.15, 0.2) is 12.3 Å². The van der Waals surface area contributed by atoms with E-state index in [-0.39, 0.29) is 23.7 Å². The van der Waals surface area contributed by atoms with Gasteiger partial charge >= 0.3 is 0 Å². The van der Waals surface area contributed by atoms with Crippen molar-refractivity contribution in [2.75, 3.05) is 0 Å². The van der Waals surface area contributed by atoms with Crippen LogP contribution in [-0.4, -0.2) is 27.5 Å².